The molecule has 4 nitrogen and oxygen atoms in total. The molecular formula is C10H14N2O2. The minimum Gasteiger partial charge on any atom is -0.507 e. The molecule has 0 amide bonds. The van der Waals surface area contributed by atoms with Crippen molar-refractivity contribution in [2.75, 3.05) is 7.11 Å². The van der Waals surface area contributed by atoms with Crippen LogP contribution in [0, 0.1) is 13.8 Å². The van der Waals surface area contributed by atoms with Gasteiger partial charge in [0.1, 0.15) is 11.5 Å². The molecule has 0 saturated carbocycles. The number of nitrogens with zero attached hydrogens (tertiary/aromatic N) is 1. The first-order valence-corrected chi connectivity index (χ1v) is 4.22. The van der Waals surface area contributed by atoms with E-state index < -0.39 is 0 Å². The molecule has 0 unspecified atom stereocenters. The maximum atomic E-state index is 9.73. The molecule has 0 atom stereocenters. The van der Waals surface area contributed by atoms with E-state index in [9.17, 15) is 5.11 Å². The Labute approximate surface area is 83.0 Å². The van der Waals surface area contributed by atoms with Gasteiger partial charge in [0.2, 0.25) is 0 Å². The fourth-order valence-electron chi connectivity index (χ4n) is 1.34. The van der Waals surface area contributed by atoms with Crippen LogP contribution in [0.1, 0.15) is 16.7 Å². The average molecular weight is 194 g/mol. The van der Waals surface area contributed by atoms with Crippen LogP contribution in [-0.4, -0.2) is 18.4 Å². The van der Waals surface area contributed by atoms with Crippen LogP contribution in [0.2, 0.25) is 0 Å². The Morgan fingerprint density at radius 1 is 1.50 bits per heavy atom. The third kappa shape index (κ3) is 1.64. The van der Waals surface area contributed by atoms with E-state index in [1.165, 1.54) is 6.21 Å². The number of rotatable bonds is 2. The Bertz CT molecular complexity index is 373. The third-order valence-corrected chi connectivity index (χ3v) is 2.17. The van der Waals surface area contributed by atoms with E-state index >= 15 is 0 Å². The van der Waals surface area contributed by atoms with Gasteiger partial charge >= 0.3 is 0 Å². The van der Waals surface area contributed by atoms with Crippen LogP contribution in [0.4, 0.5) is 0 Å². The summed E-state index contributed by atoms with van der Waals surface area (Å²) in [5.41, 5.74) is 2.16. The van der Waals surface area contributed by atoms with E-state index in [2.05, 4.69) is 5.10 Å². The van der Waals surface area contributed by atoms with Crippen LogP contribution in [-0.2, 0) is 0 Å². The zero-order valence-electron chi connectivity index (χ0n) is 8.53. The van der Waals surface area contributed by atoms with Crippen LogP contribution >= 0.6 is 0 Å². The summed E-state index contributed by atoms with van der Waals surface area (Å²) in [5, 5.41) is 13.1. The smallest absolute Gasteiger partial charge is 0.127 e. The van der Waals surface area contributed by atoms with Gasteiger partial charge in [0, 0.05) is 11.1 Å². The van der Waals surface area contributed by atoms with Crippen LogP contribution < -0.4 is 10.6 Å². The van der Waals surface area contributed by atoms with Crippen molar-refractivity contribution in [1.29, 1.82) is 0 Å². The Hall–Kier alpha value is -1.71. The Morgan fingerprint density at radius 2 is 2.14 bits per heavy atom. The molecule has 0 heterocycles. The molecule has 0 aliphatic heterocycles. The molecule has 0 aliphatic rings. The second-order valence-corrected chi connectivity index (χ2v) is 3.06. The SMILES string of the molecule is COc1cc(C)c(O)c(C=NN)c1C. The summed E-state index contributed by atoms with van der Waals surface area (Å²) < 4.78 is 5.15. The molecule has 4 heteroatoms. The van der Waals surface area contributed by atoms with Crippen molar-refractivity contribution in [3.63, 3.8) is 0 Å². The monoisotopic (exact) mass is 194 g/mol. The Kier molecular flexibility index (Phi) is 2.96. The molecule has 14 heavy (non-hydrogen) atoms. The summed E-state index contributed by atoms with van der Waals surface area (Å²) >= 11 is 0. The molecule has 0 bridgehead atoms. The van der Waals surface area contributed by atoms with Gasteiger partial charge in [0.25, 0.3) is 0 Å². The van der Waals surface area contributed by atoms with Crippen LogP contribution in [0.5, 0.6) is 11.5 Å². The molecule has 1 aromatic rings. The minimum absolute atomic E-state index is 0.192. The molecule has 3 N–H and O–H groups in total. The van der Waals surface area contributed by atoms with E-state index in [1.807, 2.05) is 6.92 Å². The summed E-state index contributed by atoms with van der Waals surface area (Å²) in [4.78, 5) is 0. The lowest BCUT2D eigenvalue weighted by Gasteiger charge is -2.11. The molecule has 0 aromatic heterocycles. The first kappa shape index (κ1) is 10.4. The van der Waals surface area contributed by atoms with Gasteiger partial charge in [-0.25, -0.2) is 0 Å². The van der Waals surface area contributed by atoms with Crippen molar-refractivity contribution >= 4 is 6.21 Å². The van der Waals surface area contributed by atoms with Crippen molar-refractivity contribution in [2.45, 2.75) is 13.8 Å². The lowest BCUT2D eigenvalue weighted by atomic mass is 10.0. The maximum Gasteiger partial charge on any atom is 0.127 e. The van der Waals surface area contributed by atoms with Crippen molar-refractivity contribution in [3.8, 4) is 11.5 Å². The molecule has 1 aromatic carbocycles. The summed E-state index contributed by atoms with van der Waals surface area (Å²) in [7, 11) is 1.59. The molecule has 0 saturated heterocycles. The number of hydrazone groups is 1. The number of methoxy groups -OCH3 is 1. The van der Waals surface area contributed by atoms with E-state index in [0.717, 1.165) is 16.9 Å². The van der Waals surface area contributed by atoms with Gasteiger partial charge in [-0.1, -0.05) is 0 Å². The zero-order valence-corrected chi connectivity index (χ0v) is 8.53. The zero-order chi connectivity index (χ0) is 10.7. The van der Waals surface area contributed by atoms with Gasteiger partial charge in [0.05, 0.1) is 13.3 Å². The predicted octanol–water partition coefficient (Wildman–Crippen LogP) is 1.31. The number of aryl methyl sites for hydroxylation is 1. The number of hydrogen-bond acceptors (Lipinski definition) is 4. The summed E-state index contributed by atoms with van der Waals surface area (Å²) in [6.07, 6.45) is 1.42. The number of aromatic hydroxyl groups is 1. The van der Waals surface area contributed by atoms with Crippen molar-refractivity contribution < 1.29 is 9.84 Å². The lowest BCUT2D eigenvalue weighted by Crippen LogP contribution is -1.97. The van der Waals surface area contributed by atoms with Crippen LogP contribution in [0.3, 0.4) is 0 Å². The summed E-state index contributed by atoms with van der Waals surface area (Å²) in [5.74, 6) is 5.97. The largest absolute Gasteiger partial charge is 0.507 e. The predicted molar refractivity (Wildman–Crippen MR) is 55.9 cm³/mol. The Balaban J connectivity index is 3.44. The molecule has 0 radical (unpaired) electrons. The first-order valence-electron chi connectivity index (χ1n) is 4.22. The van der Waals surface area contributed by atoms with Crippen molar-refractivity contribution in [2.24, 2.45) is 10.9 Å². The number of phenolic OH excluding ortho intramolecular Hbond substituents is 1. The molecule has 0 spiro atoms. The number of ether oxygens (including phenoxy) is 1. The van der Waals surface area contributed by atoms with E-state index in [1.54, 1.807) is 20.1 Å². The fraction of sp³-hybridized carbons (Fsp3) is 0.300. The molecule has 76 valence electrons. The number of hydrogen-bond donors (Lipinski definition) is 2. The molecular weight excluding hydrogens is 180 g/mol. The topological polar surface area (TPSA) is 67.8 Å². The number of benzene rings is 1. The van der Waals surface area contributed by atoms with Crippen molar-refractivity contribution in [1.82, 2.24) is 0 Å². The molecule has 1 rings (SSSR count). The summed E-state index contributed by atoms with van der Waals surface area (Å²) in [6.45, 7) is 3.64. The first-order chi connectivity index (χ1) is 6.61. The standard InChI is InChI=1S/C10H14N2O2/c1-6-4-9(14-3)7(2)8(5-12-11)10(6)13/h4-5,13H,11H2,1-3H3. The van der Waals surface area contributed by atoms with E-state index in [-0.39, 0.29) is 5.75 Å². The Morgan fingerprint density at radius 3 is 2.64 bits per heavy atom. The van der Waals surface area contributed by atoms with E-state index in [0.29, 0.717) is 5.56 Å². The average Bonchev–Trinajstić information content (AvgIpc) is 2.18. The number of phenols is 1. The number of nitrogens with two attached hydrogens (primary N) is 1. The summed E-state index contributed by atoms with van der Waals surface area (Å²) in [6, 6.07) is 1.78. The van der Waals surface area contributed by atoms with E-state index in [4.69, 9.17) is 10.6 Å². The van der Waals surface area contributed by atoms with Crippen LogP contribution in [0.25, 0.3) is 0 Å². The van der Waals surface area contributed by atoms with Gasteiger partial charge in [-0.05, 0) is 25.5 Å². The minimum atomic E-state index is 0.192. The van der Waals surface area contributed by atoms with Gasteiger partial charge in [-0.3, -0.25) is 0 Å². The molecule has 0 aliphatic carbocycles. The molecule has 0 fully saturated rings. The second-order valence-electron chi connectivity index (χ2n) is 3.06. The lowest BCUT2D eigenvalue weighted by molar-refractivity contribution is 0.408. The van der Waals surface area contributed by atoms with Gasteiger partial charge < -0.3 is 15.7 Å². The highest BCUT2D eigenvalue weighted by Crippen LogP contribution is 2.31. The maximum absolute atomic E-state index is 9.73. The van der Waals surface area contributed by atoms with Gasteiger partial charge in [-0.2, -0.15) is 5.10 Å². The van der Waals surface area contributed by atoms with Gasteiger partial charge in [-0.15, -0.1) is 0 Å². The highest BCUT2D eigenvalue weighted by atomic mass is 16.5. The second kappa shape index (κ2) is 4.00. The third-order valence-electron chi connectivity index (χ3n) is 2.17. The quantitative estimate of drug-likeness (QED) is 0.423. The van der Waals surface area contributed by atoms with Crippen LogP contribution in [0.15, 0.2) is 11.2 Å². The normalized spacial score (nSPS) is 10.8. The van der Waals surface area contributed by atoms with Gasteiger partial charge in [0.15, 0.2) is 0 Å². The highest BCUT2D eigenvalue weighted by molar-refractivity contribution is 5.87. The fourth-order valence-corrected chi connectivity index (χ4v) is 1.34. The highest BCUT2D eigenvalue weighted by Gasteiger charge is 2.11. The van der Waals surface area contributed by atoms with Crippen molar-refractivity contribution in [3.05, 3.63) is 22.8 Å².